The van der Waals surface area contributed by atoms with Crippen LogP contribution in [0.25, 0.3) is 0 Å². The first-order valence-corrected chi connectivity index (χ1v) is 4.94. The number of rotatable bonds is 2. The van der Waals surface area contributed by atoms with Crippen LogP contribution in [0.1, 0.15) is 25.7 Å². The molecule has 0 heterocycles. The molecule has 0 aromatic heterocycles. The Bertz CT molecular complexity index is 116. The average molecular weight is 243 g/mol. The molecule has 1 aliphatic carbocycles. The van der Waals surface area contributed by atoms with E-state index in [9.17, 15) is 0 Å². The average Bonchev–Trinajstić information content (AvgIpc) is 2.04. The second-order valence-electron chi connectivity index (χ2n) is 4.39. The normalized spacial score (nSPS) is 27.0. The van der Waals surface area contributed by atoms with E-state index in [-0.39, 0.29) is 24.8 Å². The van der Waals surface area contributed by atoms with Gasteiger partial charge in [0, 0.05) is 12.1 Å². The lowest BCUT2D eigenvalue weighted by atomic mass is 9.90. The number of nitrogens with zero attached hydrogens (tertiary/aromatic N) is 2. The zero-order valence-corrected chi connectivity index (χ0v) is 11.3. The second kappa shape index (κ2) is 7.75. The number of halogens is 2. The Hall–Kier alpha value is 0.500. The summed E-state index contributed by atoms with van der Waals surface area (Å²) in [5, 5.41) is 0. The Morgan fingerprint density at radius 2 is 0.857 bits per heavy atom. The SMILES string of the molecule is CN(C)C1CCC(N(C)C)CC1.Cl.Cl. The highest BCUT2D eigenvalue weighted by Gasteiger charge is 2.22. The van der Waals surface area contributed by atoms with Crippen LogP contribution in [-0.4, -0.2) is 50.1 Å². The summed E-state index contributed by atoms with van der Waals surface area (Å²) in [5.41, 5.74) is 0. The molecule has 1 aliphatic rings. The minimum Gasteiger partial charge on any atom is -0.306 e. The van der Waals surface area contributed by atoms with Crippen molar-refractivity contribution in [1.82, 2.24) is 9.80 Å². The van der Waals surface area contributed by atoms with Crippen LogP contribution in [0.5, 0.6) is 0 Å². The van der Waals surface area contributed by atoms with E-state index in [0.29, 0.717) is 0 Å². The Kier molecular flexibility index (Phi) is 9.36. The summed E-state index contributed by atoms with van der Waals surface area (Å²) in [6.45, 7) is 0. The standard InChI is InChI=1S/C10H22N2.2ClH/c1-11(2)9-5-7-10(8-6-9)12(3)4;;/h9-10H,5-8H2,1-4H3;2*1H. The third-order valence-electron chi connectivity index (χ3n) is 3.13. The molecule has 0 N–H and O–H groups in total. The zero-order valence-electron chi connectivity index (χ0n) is 9.69. The van der Waals surface area contributed by atoms with Crippen LogP contribution in [0.15, 0.2) is 0 Å². The van der Waals surface area contributed by atoms with E-state index in [2.05, 4.69) is 38.0 Å². The van der Waals surface area contributed by atoms with Crippen molar-refractivity contribution in [1.29, 1.82) is 0 Å². The fourth-order valence-electron chi connectivity index (χ4n) is 2.09. The topological polar surface area (TPSA) is 6.48 Å². The van der Waals surface area contributed by atoms with E-state index in [1.165, 1.54) is 25.7 Å². The first-order chi connectivity index (χ1) is 5.61. The lowest BCUT2D eigenvalue weighted by molar-refractivity contribution is 0.156. The minimum atomic E-state index is 0. The minimum absolute atomic E-state index is 0. The summed E-state index contributed by atoms with van der Waals surface area (Å²) < 4.78 is 0. The summed E-state index contributed by atoms with van der Waals surface area (Å²) in [5.74, 6) is 0. The van der Waals surface area contributed by atoms with Gasteiger partial charge in [0.1, 0.15) is 0 Å². The van der Waals surface area contributed by atoms with Crippen LogP contribution in [0, 0.1) is 0 Å². The van der Waals surface area contributed by atoms with Gasteiger partial charge >= 0.3 is 0 Å². The number of hydrogen-bond donors (Lipinski definition) is 0. The van der Waals surface area contributed by atoms with Crippen molar-refractivity contribution < 1.29 is 0 Å². The molecule has 88 valence electrons. The van der Waals surface area contributed by atoms with Crippen LogP contribution >= 0.6 is 24.8 Å². The maximum absolute atomic E-state index is 2.37. The van der Waals surface area contributed by atoms with Crippen molar-refractivity contribution in [2.75, 3.05) is 28.2 Å². The lowest BCUT2D eigenvalue weighted by Gasteiger charge is -2.35. The highest BCUT2D eigenvalue weighted by atomic mass is 35.5. The molecule has 1 fully saturated rings. The van der Waals surface area contributed by atoms with Crippen LogP contribution < -0.4 is 0 Å². The maximum atomic E-state index is 2.37. The molecule has 0 atom stereocenters. The molecule has 1 saturated carbocycles. The molecule has 1 rings (SSSR count). The molecular weight excluding hydrogens is 219 g/mol. The van der Waals surface area contributed by atoms with Crippen LogP contribution in [0.4, 0.5) is 0 Å². The van der Waals surface area contributed by atoms with Gasteiger partial charge in [-0.1, -0.05) is 0 Å². The van der Waals surface area contributed by atoms with E-state index in [4.69, 9.17) is 0 Å². The highest BCUT2D eigenvalue weighted by molar-refractivity contribution is 5.85. The molecule has 0 amide bonds. The van der Waals surface area contributed by atoms with E-state index < -0.39 is 0 Å². The molecule has 0 radical (unpaired) electrons. The Morgan fingerprint density at radius 1 is 0.643 bits per heavy atom. The van der Waals surface area contributed by atoms with Gasteiger partial charge in [0.05, 0.1) is 0 Å². The predicted molar refractivity (Wildman–Crippen MR) is 67.9 cm³/mol. The van der Waals surface area contributed by atoms with Crippen molar-refractivity contribution in [3.63, 3.8) is 0 Å². The molecule has 2 nitrogen and oxygen atoms in total. The lowest BCUT2D eigenvalue weighted by Crippen LogP contribution is -2.38. The van der Waals surface area contributed by atoms with E-state index >= 15 is 0 Å². The third-order valence-corrected chi connectivity index (χ3v) is 3.13. The third kappa shape index (κ3) is 4.83. The van der Waals surface area contributed by atoms with E-state index in [0.717, 1.165) is 12.1 Å². The Balaban J connectivity index is 0. The quantitative estimate of drug-likeness (QED) is 0.734. The first-order valence-electron chi connectivity index (χ1n) is 4.94. The summed E-state index contributed by atoms with van der Waals surface area (Å²) in [6.07, 6.45) is 5.48. The molecule has 0 aromatic rings. The molecule has 0 aliphatic heterocycles. The fourth-order valence-corrected chi connectivity index (χ4v) is 2.09. The van der Waals surface area contributed by atoms with Gasteiger partial charge in [0.2, 0.25) is 0 Å². The van der Waals surface area contributed by atoms with Gasteiger partial charge in [-0.05, 0) is 53.9 Å². The van der Waals surface area contributed by atoms with Gasteiger partial charge in [0.15, 0.2) is 0 Å². The van der Waals surface area contributed by atoms with Crippen molar-refractivity contribution in [2.24, 2.45) is 0 Å². The molecule has 0 aromatic carbocycles. The molecule has 14 heavy (non-hydrogen) atoms. The molecule has 0 spiro atoms. The van der Waals surface area contributed by atoms with Crippen molar-refractivity contribution in [3.8, 4) is 0 Å². The summed E-state index contributed by atoms with van der Waals surface area (Å²) in [6, 6.07) is 1.67. The summed E-state index contributed by atoms with van der Waals surface area (Å²) in [4.78, 5) is 4.73. The van der Waals surface area contributed by atoms with Crippen LogP contribution in [0.3, 0.4) is 0 Å². The van der Waals surface area contributed by atoms with Crippen molar-refractivity contribution in [3.05, 3.63) is 0 Å². The van der Waals surface area contributed by atoms with Crippen molar-refractivity contribution >= 4 is 24.8 Å². The summed E-state index contributed by atoms with van der Waals surface area (Å²) >= 11 is 0. The zero-order chi connectivity index (χ0) is 9.14. The van der Waals surface area contributed by atoms with Gasteiger partial charge in [0.25, 0.3) is 0 Å². The highest BCUT2D eigenvalue weighted by Crippen LogP contribution is 2.23. The van der Waals surface area contributed by atoms with Gasteiger partial charge < -0.3 is 9.80 Å². The predicted octanol–water partition coefficient (Wildman–Crippen LogP) is 2.26. The van der Waals surface area contributed by atoms with Crippen LogP contribution in [-0.2, 0) is 0 Å². The second-order valence-corrected chi connectivity index (χ2v) is 4.39. The van der Waals surface area contributed by atoms with E-state index in [1.807, 2.05) is 0 Å². The molecule has 0 bridgehead atoms. The Labute approximate surface area is 101 Å². The van der Waals surface area contributed by atoms with Gasteiger partial charge in [-0.2, -0.15) is 0 Å². The largest absolute Gasteiger partial charge is 0.306 e. The monoisotopic (exact) mass is 242 g/mol. The van der Waals surface area contributed by atoms with Gasteiger partial charge in [-0.25, -0.2) is 0 Å². The van der Waals surface area contributed by atoms with Crippen molar-refractivity contribution in [2.45, 2.75) is 37.8 Å². The maximum Gasteiger partial charge on any atom is 0.00903 e. The van der Waals surface area contributed by atoms with E-state index in [1.54, 1.807) is 0 Å². The van der Waals surface area contributed by atoms with Crippen LogP contribution in [0.2, 0.25) is 0 Å². The van der Waals surface area contributed by atoms with Gasteiger partial charge in [-0.3, -0.25) is 0 Å². The first kappa shape index (κ1) is 16.9. The smallest absolute Gasteiger partial charge is 0.00903 e. The summed E-state index contributed by atoms with van der Waals surface area (Å²) in [7, 11) is 8.78. The molecule has 0 saturated heterocycles. The molecular formula is C10H24Cl2N2. The number of hydrogen-bond acceptors (Lipinski definition) is 2. The molecule has 4 heteroatoms. The van der Waals surface area contributed by atoms with Gasteiger partial charge in [-0.15, -0.1) is 24.8 Å². The fraction of sp³-hybridized carbons (Fsp3) is 1.00. The molecule has 0 unspecified atom stereocenters. The Morgan fingerprint density at radius 3 is 1.00 bits per heavy atom.